The van der Waals surface area contributed by atoms with Crippen LogP contribution >= 0.6 is 0 Å². The summed E-state index contributed by atoms with van der Waals surface area (Å²) in [5.41, 5.74) is 7.82. The lowest BCUT2D eigenvalue weighted by molar-refractivity contribution is 0.0997. The lowest BCUT2D eigenvalue weighted by Crippen LogP contribution is -2.35. The van der Waals surface area contributed by atoms with Crippen LogP contribution in [0, 0.1) is 0 Å². The van der Waals surface area contributed by atoms with Crippen LogP contribution in [0.2, 0.25) is 0 Å². The molecule has 0 radical (unpaired) electrons. The molecule has 1 aromatic carbocycles. The zero-order valence-corrected chi connectivity index (χ0v) is 16.8. The first-order valence-electron chi connectivity index (χ1n) is 10.0. The van der Waals surface area contributed by atoms with Crippen LogP contribution in [0.5, 0.6) is 0 Å². The van der Waals surface area contributed by atoms with Gasteiger partial charge < -0.3 is 10.3 Å². The van der Waals surface area contributed by atoms with Gasteiger partial charge >= 0.3 is 0 Å². The molecule has 0 saturated carbocycles. The Labute approximate surface area is 169 Å². The second-order valence-electron chi connectivity index (χ2n) is 7.85. The molecule has 8 heteroatoms. The zero-order chi connectivity index (χ0) is 20.4. The van der Waals surface area contributed by atoms with Gasteiger partial charge in [-0.2, -0.15) is 10.1 Å². The first kappa shape index (κ1) is 19.3. The normalized spacial score (nSPS) is 17.7. The van der Waals surface area contributed by atoms with Gasteiger partial charge in [-0.05, 0) is 31.5 Å². The molecule has 0 bridgehead atoms. The van der Waals surface area contributed by atoms with E-state index in [0.29, 0.717) is 23.8 Å². The number of benzene rings is 1. The maximum Gasteiger partial charge on any atom is 0.252 e. The molecule has 1 aliphatic rings. The molecular weight excluding hydrogens is 368 g/mol. The standard InChI is InChI=1S/C21H26N6O2/c1-14(2)21-23-18(25-29-21)13-26-10-6-7-15(11-26)19-17(20(22)28)12-27(24-19)16-8-4-3-5-9-16/h3-5,8-9,12,14-15H,6-7,10-11,13H2,1-2H3,(H2,22,28)/t15-/m0/s1. The van der Waals surface area contributed by atoms with Gasteiger partial charge in [0, 0.05) is 24.6 Å². The van der Waals surface area contributed by atoms with E-state index in [0.717, 1.165) is 37.3 Å². The molecule has 29 heavy (non-hydrogen) atoms. The number of likely N-dealkylation sites (tertiary alicyclic amines) is 1. The van der Waals surface area contributed by atoms with Crippen molar-refractivity contribution < 1.29 is 9.32 Å². The van der Waals surface area contributed by atoms with Crippen LogP contribution in [0.3, 0.4) is 0 Å². The van der Waals surface area contributed by atoms with Gasteiger partial charge in [-0.25, -0.2) is 4.68 Å². The quantitative estimate of drug-likeness (QED) is 0.689. The number of rotatable bonds is 6. The Morgan fingerprint density at radius 2 is 2.10 bits per heavy atom. The summed E-state index contributed by atoms with van der Waals surface area (Å²) in [5.74, 6) is 1.25. The summed E-state index contributed by atoms with van der Waals surface area (Å²) in [7, 11) is 0. The maximum atomic E-state index is 12.1. The molecule has 1 amide bonds. The smallest absolute Gasteiger partial charge is 0.252 e. The molecule has 3 heterocycles. The Kier molecular flexibility index (Phi) is 5.44. The van der Waals surface area contributed by atoms with Crippen molar-refractivity contribution in [3.63, 3.8) is 0 Å². The van der Waals surface area contributed by atoms with Crippen LogP contribution in [0.1, 0.15) is 66.3 Å². The SMILES string of the molecule is CC(C)c1nc(CN2CCC[C@H](c3nn(-c4ccccc4)cc3C(N)=O)C2)no1. The van der Waals surface area contributed by atoms with Crippen LogP contribution < -0.4 is 5.73 Å². The first-order chi connectivity index (χ1) is 14.0. The predicted octanol–water partition coefficient (Wildman–Crippen LogP) is 2.86. The molecule has 2 aromatic heterocycles. The fourth-order valence-corrected chi connectivity index (χ4v) is 3.78. The largest absolute Gasteiger partial charge is 0.365 e. The monoisotopic (exact) mass is 394 g/mol. The van der Waals surface area contributed by atoms with E-state index >= 15 is 0 Å². The van der Waals surface area contributed by atoms with Crippen LogP contribution in [0.15, 0.2) is 41.1 Å². The third-order valence-corrected chi connectivity index (χ3v) is 5.26. The predicted molar refractivity (Wildman–Crippen MR) is 108 cm³/mol. The molecule has 1 saturated heterocycles. The van der Waals surface area contributed by atoms with Gasteiger partial charge in [0.2, 0.25) is 5.89 Å². The van der Waals surface area contributed by atoms with Crippen LogP contribution in [0.25, 0.3) is 5.69 Å². The molecule has 4 rings (SSSR count). The third-order valence-electron chi connectivity index (χ3n) is 5.26. The Hall–Kier alpha value is -3.00. The third kappa shape index (κ3) is 4.22. The zero-order valence-electron chi connectivity index (χ0n) is 16.8. The fraction of sp³-hybridized carbons (Fsp3) is 0.429. The van der Waals surface area contributed by atoms with Gasteiger partial charge in [-0.1, -0.05) is 37.2 Å². The van der Waals surface area contributed by atoms with E-state index < -0.39 is 5.91 Å². The number of aromatic nitrogens is 4. The molecule has 8 nitrogen and oxygen atoms in total. The molecule has 0 unspecified atom stereocenters. The van der Waals surface area contributed by atoms with E-state index in [1.165, 1.54) is 0 Å². The number of carbonyl (C=O) groups is 1. The van der Waals surface area contributed by atoms with Crippen molar-refractivity contribution in [3.05, 3.63) is 59.5 Å². The number of para-hydroxylation sites is 1. The summed E-state index contributed by atoms with van der Waals surface area (Å²) < 4.78 is 7.06. The molecule has 0 aliphatic carbocycles. The van der Waals surface area contributed by atoms with Crippen molar-refractivity contribution >= 4 is 5.91 Å². The number of carbonyl (C=O) groups excluding carboxylic acids is 1. The van der Waals surface area contributed by atoms with Crippen molar-refractivity contribution in [2.45, 2.75) is 45.1 Å². The number of hydrogen-bond acceptors (Lipinski definition) is 6. The second kappa shape index (κ2) is 8.16. The van der Waals surface area contributed by atoms with Crippen molar-refractivity contribution in [1.29, 1.82) is 0 Å². The van der Waals surface area contributed by atoms with E-state index in [1.807, 2.05) is 44.2 Å². The average Bonchev–Trinajstić information content (AvgIpc) is 3.36. The van der Waals surface area contributed by atoms with Gasteiger partial charge in [0.15, 0.2) is 5.82 Å². The molecule has 1 atom stereocenters. The lowest BCUT2D eigenvalue weighted by Gasteiger charge is -2.31. The second-order valence-corrected chi connectivity index (χ2v) is 7.85. The summed E-state index contributed by atoms with van der Waals surface area (Å²) in [6.45, 7) is 6.41. The van der Waals surface area contributed by atoms with Crippen molar-refractivity contribution in [2.75, 3.05) is 13.1 Å². The number of primary amides is 1. The topological polar surface area (TPSA) is 103 Å². The van der Waals surface area contributed by atoms with E-state index in [2.05, 4.69) is 15.0 Å². The Morgan fingerprint density at radius 3 is 2.79 bits per heavy atom. The van der Waals surface area contributed by atoms with E-state index in [9.17, 15) is 4.79 Å². The van der Waals surface area contributed by atoms with Gasteiger partial charge in [0.1, 0.15) is 0 Å². The van der Waals surface area contributed by atoms with E-state index in [1.54, 1.807) is 10.9 Å². The van der Waals surface area contributed by atoms with E-state index in [4.69, 9.17) is 15.4 Å². The minimum atomic E-state index is -0.445. The van der Waals surface area contributed by atoms with Crippen molar-refractivity contribution in [3.8, 4) is 5.69 Å². The first-order valence-corrected chi connectivity index (χ1v) is 10.0. The van der Waals surface area contributed by atoms with Gasteiger partial charge in [-0.3, -0.25) is 9.69 Å². The molecule has 1 fully saturated rings. The molecule has 152 valence electrons. The average molecular weight is 394 g/mol. The summed E-state index contributed by atoms with van der Waals surface area (Å²) >= 11 is 0. The number of nitrogens with zero attached hydrogens (tertiary/aromatic N) is 5. The molecule has 1 aliphatic heterocycles. The number of nitrogens with two attached hydrogens (primary N) is 1. The minimum Gasteiger partial charge on any atom is -0.365 e. The Balaban J connectivity index is 1.54. The van der Waals surface area contributed by atoms with Gasteiger partial charge in [0.25, 0.3) is 5.91 Å². The molecule has 0 spiro atoms. The van der Waals surface area contributed by atoms with Crippen molar-refractivity contribution in [1.82, 2.24) is 24.8 Å². The summed E-state index contributed by atoms with van der Waals surface area (Å²) in [6, 6.07) is 9.75. The summed E-state index contributed by atoms with van der Waals surface area (Å²) in [5, 5.41) is 8.83. The van der Waals surface area contributed by atoms with Crippen LogP contribution in [-0.2, 0) is 6.54 Å². The van der Waals surface area contributed by atoms with E-state index in [-0.39, 0.29) is 11.8 Å². The van der Waals surface area contributed by atoms with Gasteiger partial charge in [-0.15, -0.1) is 0 Å². The Morgan fingerprint density at radius 1 is 1.31 bits per heavy atom. The van der Waals surface area contributed by atoms with Gasteiger partial charge in [0.05, 0.1) is 23.5 Å². The molecule has 2 N–H and O–H groups in total. The minimum absolute atomic E-state index is 0.132. The number of piperidine rings is 1. The van der Waals surface area contributed by atoms with Crippen molar-refractivity contribution in [2.24, 2.45) is 5.73 Å². The summed E-state index contributed by atoms with van der Waals surface area (Å²) in [4.78, 5) is 18.8. The molecular formula is C21H26N6O2. The fourth-order valence-electron chi connectivity index (χ4n) is 3.78. The highest BCUT2D eigenvalue weighted by Gasteiger charge is 2.28. The lowest BCUT2D eigenvalue weighted by atomic mass is 9.92. The highest BCUT2D eigenvalue weighted by atomic mass is 16.5. The van der Waals surface area contributed by atoms with Crippen LogP contribution in [-0.4, -0.2) is 43.8 Å². The Bertz CT molecular complexity index is 978. The van der Waals surface area contributed by atoms with Crippen LogP contribution in [0.4, 0.5) is 0 Å². The highest BCUT2D eigenvalue weighted by molar-refractivity contribution is 5.94. The molecule has 3 aromatic rings. The number of hydrogen-bond donors (Lipinski definition) is 1. The summed E-state index contributed by atoms with van der Waals surface area (Å²) in [6.07, 6.45) is 3.71. The number of amides is 1. The maximum absolute atomic E-state index is 12.1. The highest BCUT2D eigenvalue weighted by Crippen LogP contribution is 2.29.